The molecule has 0 aromatic rings. The van der Waals surface area contributed by atoms with E-state index >= 15 is 0 Å². The maximum Gasteiger partial charge on any atom is 0.0452 e. The maximum atomic E-state index is 6.24. The number of alkyl halides is 1. The predicted octanol–water partition coefficient (Wildman–Crippen LogP) is 2.53. The molecule has 0 aromatic heterocycles. The van der Waals surface area contributed by atoms with Crippen LogP contribution >= 0.6 is 22.6 Å². The first-order valence-corrected chi connectivity index (χ1v) is 8.03. The third-order valence-corrected chi connectivity index (χ3v) is 7.58. The summed E-state index contributed by atoms with van der Waals surface area (Å²) in [5.41, 5.74) is 6.33. The minimum atomic E-state index is 0.0210. The molecule has 0 saturated heterocycles. The summed E-state index contributed by atoms with van der Waals surface area (Å²) in [5.74, 6) is 0. The number of hydrogen-bond donors (Lipinski definition) is 3. The summed E-state index contributed by atoms with van der Waals surface area (Å²) in [4.78, 5) is 0. The van der Waals surface area contributed by atoms with E-state index in [0.29, 0.717) is 12.6 Å². The van der Waals surface area contributed by atoms with Crippen molar-refractivity contribution < 1.29 is 0 Å². The highest BCUT2D eigenvalue weighted by atomic mass is 127. The zero-order valence-electron chi connectivity index (χ0n) is 13.2. The molecule has 0 aromatic carbocycles. The molecule has 0 fully saturated rings. The first-order chi connectivity index (χ1) is 8.20. The number of hydrogen-bond acceptors (Lipinski definition) is 3. The lowest BCUT2D eigenvalue weighted by molar-refractivity contribution is 0.0912. The van der Waals surface area contributed by atoms with Gasteiger partial charge in [0, 0.05) is 27.0 Å². The summed E-state index contributed by atoms with van der Waals surface area (Å²) in [6, 6.07) is 0.432. The molecule has 18 heavy (non-hydrogen) atoms. The van der Waals surface area contributed by atoms with E-state index in [1.807, 2.05) is 14.1 Å². The number of nitrogens with two attached hydrogens (primary N) is 1. The van der Waals surface area contributed by atoms with Crippen molar-refractivity contribution in [3.63, 3.8) is 0 Å². The van der Waals surface area contributed by atoms with Crippen molar-refractivity contribution in [2.75, 3.05) is 20.6 Å². The highest BCUT2D eigenvalue weighted by molar-refractivity contribution is 14.1. The largest absolute Gasteiger partial charge is 0.330 e. The van der Waals surface area contributed by atoms with Crippen LogP contribution < -0.4 is 16.4 Å². The Kier molecular flexibility index (Phi) is 7.09. The quantitative estimate of drug-likeness (QED) is 0.455. The molecule has 0 aliphatic carbocycles. The van der Waals surface area contributed by atoms with E-state index in [1.165, 1.54) is 0 Å². The molecule has 4 heteroatoms. The molecule has 0 radical (unpaired) electrons. The van der Waals surface area contributed by atoms with E-state index in [2.05, 4.69) is 67.8 Å². The van der Waals surface area contributed by atoms with Crippen LogP contribution in [-0.4, -0.2) is 35.6 Å². The van der Waals surface area contributed by atoms with Crippen LogP contribution in [0.15, 0.2) is 0 Å². The van der Waals surface area contributed by atoms with Gasteiger partial charge in [0.15, 0.2) is 0 Å². The average Bonchev–Trinajstić information content (AvgIpc) is 2.35. The Morgan fingerprint density at radius 2 is 1.67 bits per heavy atom. The topological polar surface area (TPSA) is 50.1 Å². The molecule has 0 saturated carbocycles. The van der Waals surface area contributed by atoms with Crippen LogP contribution in [0.5, 0.6) is 0 Å². The molecule has 110 valence electrons. The third kappa shape index (κ3) is 2.86. The van der Waals surface area contributed by atoms with E-state index < -0.39 is 0 Å². The van der Waals surface area contributed by atoms with Crippen LogP contribution in [-0.2, 0) is 0 Å². The van der Waals surface area contributed by atoms with Gasteiger partial charge in [-0.3, -0.25) is 0 Å². The molecule has 0 aliphatic rings. The van der Waals surface area contributed by atoms with Gasteiger partial charge in [-0.05, 0) is 47.7 Å². The van der Waals surface area contributed by atoms with Gasteiger partial charge in [0.2, 0.25) is 0 Å². The Morgan fingerprint density at radius 1 is 1.17 bits per heavy atom. The van der Waals surface area contributed by atoms with Crippen LogP contribution in [0.4, 0.5) is 0 Å². The lowest BCUT2D eigenvalue weighted by Gasteiger charge is -2.56. The standard InChI is InChI=1S/C14H32IN3/c1-8-11(17-6)14(9-2,10-16)13(5,15)12(3,4)18-7/h11,17-18H,8-10,16H2,1-7H3/t11?,13-,14+/m0/s1. The van der Waals surface area contributed by atoms with Gasteiger partial charge in [0.05, 0.1) is 0 Å². The van der Waals surface area contributed by atoms with Gasteiger partial charge in [-0.25, -0.2) is 0 Å². The Bertz CT molecular complexity index is 243. The normalized spacial score (nSPS) is 21.2. The van der Waals surface area contributed by atoms with Gasteiger partial charge in [-0.2, -0.15) is 0 Å². The molecule has 0 aliphatic heterocycles. The Labute approximate surface area is 127 Å². The van der Waals surface area contributed by atoms with Crippen molar-refractivity contribution in [1.29, 1.82) is 0 Å². The monoisotopic (exact) mass is 369 g/mol. The summed E-state index contributed by atoms with van der Waals surface area (Å²) < 4.78 is 0.0553. The molecular weight excluding hydrogens is 337 g/mol. The van der Waals surface area contributed by atoms with Gasteiger partial charge in [-0.15, -0.1) is 0 Å². The maximum absolute atomic E-state index is 6.24. The minimum absolute atomic E-state index is 0.0210. The zero-order valence-corrected chi connectivity index (χ0v) is 15.3. The predicted molar refractivity (Wildman–Crippen MR) is 90.5 cm³/mol. The lowest BCUT2D eigenvalue weighted by atomic mass is 9.61. The summed E-state index contributed by atoms with van der Waals surface area (Å²) in [6.45, 7) is 12.1. The Morgan fingerprint density at radius 3 is 1.89 bits per heavy atom. The summed E-state index contributed by atoms with van der Waals surface area (Å²) in [7, 11) is 4.08. The van der Waals surface area contributed by atoms with Crippen LogP contribution in [0.1, 0.15) is 47.5 Å². The summed E-state index contributed by atoms with van der Waals surface area (Å²) >= 11 is 2.61. The van der Waals surface area contributed by atoms with Crippen molar-refractivity contribution in [1.82, 2.24) is 10.6 Å². The Hall–Kier alpha value is 0.610. The van der Waals surface area contributed by atoms with E-state index in [1.54, 1.807) is 0 Å². The van der Waals surface area contributed by atoms with Crippen molar-refractivity contribution >= 4 is 22.6 Å². The van der Waals surface area contributed by atoms with Crippen LogP contribution in [0.25, 0.3) is 0 Å². The van der Waals surface area contributed by atoms with Crippen molar-refractivity contribution in [2.45, 2.75) is 62.5 Å². The van der Waals surface area contributed by atoms with Crippen LogP contribution in [0.3, 0.4) is 0 Å². The SMILES string of the molecule is CCC(NC)[C@@](CC)(CN)[C@@](C)(I)C(C)(C)NC. The Balaban J connectivity index is 5.72. The molecule has 0 bridgehead atoms. The molecule has 3 nitrogen and oxygen atoms in total. The minimum Gasteiger partial charge on any atom is -0.330 e. The second-order valence-electron chi connectivity index (χ2n) is 5.84. The molecular formula is C14H32IN3. The molecule has 0 spiro atoms. The first-order valence-electron chi connectivity index (χ1n) is 6.95. The van der Waals surface area contributed by atoms with Gasteiger partial charge in [0.25, 0.3) is 0 Å². The van der Waals surface area contributed by atoms with E-state index in [9.17, 15) is 0 Å². The fourth-order valence-corrected chi connectivity index (χ4v) is 4.36. The number of nitrogens with one attached hydrogen (secondary N) is 2. The highest BCUT2D eigenvalue weighted by Gasteiger charge is 2.55. The number of halogens is 1. The first kappa shape index (κ1) is 18.6. The van der Waals surface area contributed by atoms with Gasteiger partial charge in [-0.1, -0.05) is 36.4 Å². The summed E-state index contributed by atoms with van der Waals surface area (Å²) in [5, 5.41) is 6.95. The van der Waals surface area contributed by atoms with Crippen molar-refractivity contribution in [2.24, 2.45) is 11.1 Å². The van der Waals surface area contributed by atoms with E-state index in [-0.39, 0.29) is 14.4 Å². The molecule has 3 atom stereocenters. The second kappa shape index (κ2) is 6.86. The third-order valence-electron chi connectivity index (χ3n) is 5.15. The van der Waals surface area contributed by atoms with Gasteiger partial charge < -0.3 is 16.4 Å². The van der Waals surface area contributed by atoms with Crippen molar-refractivity contribution in [3.8, 4) is 0 Å². The van der Waals surface area contributed by atoms with Gasteiger partial charge >= 0.3 is 0 Å². The molecule has 1 unspecified atom stereocenters. The number of rotatable bonds is 8. The smallest absolute Gasteiger partial charge is 0.0452 e. The van der Waals surface area contributed by atoms with Crippen LogP contribution in [0, 0.1) is 5.41 Å². The second-order valence-corrected chi connectivity index (χ2v) is 8.00. The molecule has 0 amide bonds. The van der Waals surface area contributed by atoms with E-state index in [0.717, 1.165) is 12.8 Å². The highest BCUT2D eigenvalue weighted by Crippen LogP contribution is 2.50. The molecule has 4 N–H and O–H groups in total. The molecule has 0 rings (SSSR count). The fraction of sp³-hybridized carbons (Fsp3) is 1.00. The molecule has 0 heterocycles. The van der Waals surface area contributed by atoms with Gasteiger partial charge in [0.1, 0.15) is 0 Å². The zero-order chi connectivity index (χ0) is 14.6. The summed E-state index contributed by atoms with van der Waals surface area (Å²) in [6.07, 6.45) is 2.17. The lowest BCUT2D eigenvalue weighted by Crippen LogP contribution is -2.68. The fourth-order valence-electron chi connectivity index (χ4n) is 3.11. The van der Waals surface area contributed by atoms with E-state index in [4.69, 9.17) is 5.73 Å². The van der Waals surface area contributed by atoms with Crippen molar-refractivity contribution in [3.05, 3.63) is 0 Å². The average molecular weight is 369 g/mol. The van der Waals surface area contributed by atoms with Crippen LogP contribution in [0.2, 0.25) is 0 Å².